The lowest BCUT2D eigenvalue weighted by molar-refractivity contribution is -0.139. The molecule has 0 heterocycles. The molecule has 0 aliphatic carbocycles. The number of aliphatic carboxylic acids is 1. The maximum Gasteiger partial charge on any atom is 0.326 e. The van der Waals surface area contributed by atoms with Gasteiger partial charge in [0, 0.05) is 18.7 Å². The summed E-state index contributed by atoms with van der Waals surface area (Å²) in [6, 6.07) is 4.28. The fraction of sp³-hybridized carbons (Fsp3) is 0.529. The largest absolute Gasteiger partial charge is 0.480 e. The van der Waals surface area contributed by atoms with Crippen LogP contribution in [0.5, 0.6) is 0 Å². The number of hydrogen-bond donors (Lipinski definition) is 2. The van der Waals surface area contributed by atoms with Crippen LogP contribution in [-0.4, -0.2) is 48.8 Å². The first-order chi connectivity index (χ1) is 11.5. The molecule has 0 aliphatic rings. The Kier molecular flexibility index (Phi) is 7.13. The fourth-order valence-electron chi connectivity index (χ4n) is 2.16. The van der Waals surface area contributed by atoms with E-state index < -0.39 is 27.9 Å². The highest BCUT2D eigenvalue weighted by atomic mass is 32.2. The smallest absolute Gasteiger partial charge is 0.326 e. The van der Waals surface area contributed by atoms with Crippen LogP contribution in [0.1, 0.15) is 44.5 Å². The highest BCUT2D eigenvalue weighted by Crippen LogP contribution is 2.17. The van der Waals surface area contributed by atoms with Gasteiger partial charge < -0.3 is 10.4 Å². The fourth-order valence-corrected chi connectivity index (χ4v) is 3.52. The number of nitrogens with one attached hydrogen (secondary N) is 1. The molecule has 2 N–H and O–H groups in total. The maximum absolute atomic E-state index is 12.4. The van der Waals surface area contributed by atoms with Crippen LogP contribution in [0.25, 0.3) is 0 Å². The van der Waals surface area contributed by atoms with Crippen molar-refractivity contribution < 1.29 is 23.1 Å². The van der Waals surface area contributed by atoms with Crippen LogP contribution in [0, 0.1) is 5.92 Å². The molecule has 8 heteroatoms. The average Bonchev–Trinajstić information content (AvgIpc) is 2.52. The summed E-state index contributed by atoms with van der Waals surface area (Å²) < 4.78 is 26.0. The number of sulfonamides is 1. The third-order valence-corrected chi connectivity index (χ3v) is 5.88. The number of carbonyl (C=O) groups is 2. The molecule has 0 radical (unpaired) electrons. The number of nitrogens with zero attached hydrogens (tertiary/aromatic N) is 1. The Morgan fingerprint density at radius 3 is 2.04 bits per heavy atom. The van der Waals surface area contributed by atoms with Gasteiger partial charge in [-0.15, -0.1) is 0 Å². The summed E-state index contributed by atoms with van der Waals surface area (Å²) in [6.07, 6.45) is 0.312. The third-order valence-electron chi connectivity index (χ3n) is 3.83. The van der Waals surface area contributed by atoms with Crippen molar-refractivity contribution in [2.24, 2.45) is 5.92 Å². The van der Waals surface area contributed by atoms with E-state index in [4.69, 9.17) is 0 Å². The van der Waals surface area contributed by atoms with E-state index >= 15 is 0 Å². The second-order valence-electron chi connectivity index (χ2n) is 6.63. The molecule has 0 aliphatic heterocycles. The first-order valence-electron chi connectivity index (χ1n) is 8.08. The standard InChI is InChI=1S/C17H26N2O5S/c1-11(2)10-15(17(21)22)18-16(20)13-6-8-14(9-7-13)25(23,24)19(5)12(3)4/h6-9,11-12,15H,10H2,1-5H3,(H,18,20)(H,21,22)/t15-/m0/s1. The molecule has 7 nitrogen and oxygen atoms in total. The minimum Gasteiger partial charge on any atom is -0.480 e. The van der Waals surface area contributed by atoms with Gasteiger partial charge in [0.1, 0.15) is 6.04 Å². The number of benzene rings is 1. The molecule has 1 rings (SSSR count). The van der Waals surface area contributed by atoms with Gasteiger partial charge in [-0.2, -0.15) is 4.31 Å². The molecule has 25 heavy (non-hydrogen) atoms. The van der Waals surface area contributed by atoms with E-state index in [1.165, 1.54) is 35.6 Å². The molecule has 1 amide bonds. The van der Waals surface area contributed by atoms with Crippen molar-refractivity contribution in [3.8, 4) is 0 Å². The summed E-state index contributed by atoms with van der Waals surface area (Å²) in [6.45, 7) is 7.26. The van der Waals surface area contributed by atoms with Gasteiger partial charge in [-0.3, -0.25) is 4.79 Å². The summed E-state index contributed by atoms with van der Waals surface area (Å²) in [5.74, 6) is -1.53. The molecule has 0 unspecified atom stereocenters. The summed E-state index contributed by atoms with van der Waals surface area (Å²) in [7, 11) is -2.14. The van der Waals surface area contributed by atoms with E-state index in [9.17, 15) is 23.1 Å². The van der Waals surface area contributed by atoms with E-state index in [1.807, 2.05) is 13.8 Å². The van der Waals surface area contributed by atoms with Crippen molar-refractivity contribution in [1.82, 2.24) is 9.62 Å². The predicted octanol–water partition coefficient (Wildman–Crippen LogP) is 1.94. The van der Waals surface area contributed by atoms with Gasteiger partial charge in [-0.05, 0) is 50.5 Å². The molecular formula is C17H26N2O5S. The lowest BCUT2D eigenvalue weighted by atomic mass is 10.0. The number of rotatable bonds is 8. The van der Waals surface area contributed by atoms with E-state index in [1.54, 1.807) is 13.8 Å². The molecular weight excluding hydrogens is 344 g/mol. The van der Waals surface area contributed by atoms with Crippen LogP contribution in [-0.2, 0) is 14.8 Å². The lowest BCUT2D eigenvalue weighted by Crippen LogP contribution is -2.41. The first kappa shape index (κ1) is 21.1. The van der Waals surface area contributed by atoms with Gasteiger partial charge in [0.25, 0.3) is 5.91 Å². The lowest BCUT2D eigenvalue weighted by Gasteiger charge is -2.21. The van der Waals surface area contributed by atoms with E-state index in [-0.39, 0.29) is 22.4 Å². The van der Waals surface area contributed by atoms with Crippen LogP contribution in [0.15, 0.2) is 29.2 Å². The Bertz CT molecular complexity index is 711. The van der Waals surface area contributed by atoms with Crippen LogP contribution in [0.2, 0.25) is 0 Å². The Morgan fingerprint density at radius 1 is 1.12 bits per heavy atom. The van der Waals surface area contributed by atoms with Crippen molar-refractivity contribution in [2.75, 3.05) is 7.05 Å². The van der Waals surface area contributed by atoms with E-state index in [2.05, 4.69) is 5.32 Å². The van der Waals surface area contributed by atoms with Crippen LogP contribution < -0.4 is 5.32 Å². The molecule has 0 bridgehead atoms. The van der Waals surface area contributed by atoms with Gasteiger partial charge in [0.15, 0.2) is 0 Å². The van der Waals surface area contributed by atoms with E-state index in [0.29, 0.717) is 6.42 Å². The summed E-state index contributed by atoms with van der Waals surface area (Å²) >= 11 is 0. The Labute approximate surface area is 149 Å². The number of amides is 1. The molecule has 1 aromatic carbocycles. The zero-order valence-electron chi connectivity index (χ0n) is 15.2. The highest BCUT2D eigenvalue weighted by molar-refractivity contribution is 7.89. The minimum absolute atomic E-state index is 0.0808. The molecule has 0 saturated carbocycles. The highest BCUT2D eigenvalue weighted by Gasteiger charge is 2.24. The SMILES string of the molecule is CC(C)C[C@H](NC(=O)c1ccc(S(=O)(=O)N(C)C(C)C)cc1)C(=O)O. The molecule has 1 atom stereocenters. The molecule has 0 aromatic heterocycles. The van der Waals surface area contributed by atoms with Crippen molar-refractivity contribution >= 4 is 21.9 Å². The van der Waals surface area contributed by atoms with Crippen molar-refractivity contribution in [2.45, 2.75) is 51.1 Å². The van der Waals surface area contributed by atoms with Gasteiger partial charge in [0.2, 0.25) is 10.0 Å². The number of carboxylic acid groups (broad SMARTS) is 1. The summed E-state index contributed by atoms with van der Waals surface area (Å²) in [5.41, 5.74) is 0.209. The quantitative estimate of drug-likeness (QED) is 0.728. The molecule has 140 valence electrons. The number of carboxylic acids is 1. The Morgan fingerprint density at radius 2 is 1.64 bits per heavy atom. The molecule has 0 saturated heterocycles. The molecule has 1 aromatic rings. The van der Waals surface area contributed by atoms with Gasteiger partial charge in [0.05, 0.1) is 4.90 Å². The molecule has 0 fully saturated rings. The second-order valence-corrected chi connectivity index (χ2v) is 8.63. The van der Waals surface area contributed by atoms with E-state index in [0.717, 1.165) is 0 Å². The zero-order chi connectivity index (χ0) is 19.4. The molecule has 0 spiro atoms. The van der Waals surface area contributed by atoms with Crippen LogP contribution in [0.3, 0.4) is 0 Å². The monoisotopic (exact) mass is 370 g/mol. The topological polar surface area (TPSA) is 104 Å². The summed E-state index contributed by atoms with van der Waals surface area (Å²) in [5, 5.41) is 11.6. The normalized spacial score (nSPS) is 13.3. The minimum atomic E-state index is -3.63. The van der Waals surface area contributed by atoms with Gasteiger partial charge in [-0.25, -0.2) is 13.2 Å². The van der Waals surface area contributed by atoms with Gasteiger partial charge >= 0.3 is 5.97 Å². The van der Waals surface area contributed by atoms with Crippen molar-refractivity contribution in [3.05, 3.63) is 29.8 Å². The third kappa shape index (κ3) is 5.54. The average molecular weight is 370 g/mol. The van der Waals surface area contributed by atoms with Crippen molar-refractivity contribution in [1.29, 1.82) is 0 Å². The van der Waals surface area contributed by atoms with Crippen molar-refractivity contribution in [3.63, 3.8) is 0 Å². The Hall–Kier alpha value is -1.93. The predicted molar refractivity (Wildman–Crippen MR) is 94.9 cm³/mol. The van der Waals surface area contributed by atoms with Crippen LogP contribution in [0.4, 0.5) is 0 Å². The number of carbonyl (C=O) groups excluding carboxylic acids is 1. The first-order valence-corrected chi connectivity index (χ1v) is 9.52. The maximum atomic E-state index is 12.4. The number of hydrogen-bond acceptors (Lipinski definition) is 4. The zero-order valence-corrected chi connectivity index (χ0v) is 16.0. The second kappa shape index (κ2) is 8.44. The summed E-state index contributed by atoms with van der Waals surface area (Å²) in [4.78, 5) is 23.5. The Balaban J connectivity index is 2.95. The van der Waals surface area contributed by atoms with Gasteiger partial charge in [-0.1, -0.05) is 13.8 Å². The van der Waals surface area contributed by atoms with Crippen LogP contribution >= 0.6 is 0 Å².